The minimum absolute atomic E-state index is 0.193. The highest BCUT2D eigenvalue weighted by molar-refractivity contribution is 7.09. The summed E-state index contributed by atoms with van der Waals surface area (Å²) in [4.78, 5) is 31.0. The van der Waals surface area contributed by atoms with Crippen LogP contribution in [-0.2, 0) is 28.5 Å². The third-order valence-electron chi connectivity index (χ3n) is 11.2. The van der Waals surface area contributed by atoms with Crippen molar-refractivity contribution in [2.45, 2.75) is 136 Å². The van der Waals surface area contributed by atoms with Gasteiger partial charge in [0.1, 0.15) is 29.4 Å². The number of nitrogens with one attached hydrogen (secondary N) is 1. The van der Waals surface area contributed by atoms with Gasteiger partial charge in [0.05, 0.1) is 37.2 Å². The molecule has 16 heteroatoms. The summed E-state index contributed by atoms with van der Waals surface area (Å²) in [5.41, 5.74) is 3.69. The van der Waals surface area contributed by atoms with E-state index in [9.17, 15) is 40.2 Å². The minimum Gasteiger partial charge on any atom is -0.452 e. The molecule has 15 nitrogen and oxygen atoms in total. The van der Waals surface area contributed by atoms with Gasteiger partial charge in [-0.1, -0.05) is 100 Å². The fourth-order valence-electron chi connectivity index (χ4n) is 7.35. The maximum absolute atomic E-state index is 13.9. The lowest BCUT2D eigenvalue weighted by molar-refractivity contribution is -0.309. The van der Waals surface area contributed by atoms with Crippen molar-refractivity contribution >= 4 is 23.4 Å². The van der Waals surface area contributed by atoms with E-state index >= 15 is 0 Å². The van der Waals surface area contributed by atoms with Crippen molar-refractivity contribution in [2.24, 2.45) is 23.7 Å². The average Bonchev–Trinajstić information content (AvgIpc) is 3.75. The van der Waals surface area contributed by atoms with Crippen LogP contribution in [0.4, 0.5) is 4.79 Å². The largest absolute Gasteiger partial charge is 0.452 e. The van der Waals surface area contributed by atoms with Crippen LogP contribution in [0.25, 0.3) is 0 Å². The van der Waals surface area contributed by atoms with Crippen LogP contribution in [0.3, 0.4) is 0 Å². The fraction of sp³-hybridized carbons (Fsp3) is 0.604. The molecule has 0 bridgehead atoms. The smallest absolute Gasteiger partial charge is 0.407 e. The van der Waals surface area contributed by atoms with Gasteiger partial charge in [-0.15, -0.1) is 11.3 Å². The Morgan fingerprint density at radius 1 is 1.00 bits per heavy atom. The fourth-order valence-corrected chi connectivity index (χ4v) is 8.24. The van der Waals surface area contributed by atoms with Gasteiger partial charge in [0.15, 0.2) is 18.5 Å². The Morgan fingerprint density at radius 2 is 1.70 bits per heavy atom. The maximum atomic E-state index is 13.9. The molecule has 2 aliphatic rings. The molecule has 0 aliphatic carbocycles. The van der Waals surface area contributed by atoms with E-state index < -0.39 is 85.8 Å². The van der Waals surface area contributed by atoms with E-state index in [4.69, 9.17) is 28.7 Å². The molecule has 0 saturated carbocycles. The molecule has 0 spiro atoms. The number of nitrogens with zero attached hydrogens (tertiary/aromatic N) is 1. The highest BCUT2D eigenvalue weighted by Crippen LogP contribution is 2.35. The predicted molar refractivity (Wildman–Crippen MR) is 245 cm³/mol. The third-order valence-corrected chi connectivity index (χ3v) is 12.2. The Balaban J connectivity index is 2.15. The molecule has 13 unspecified atom stereocenters. The number of carbonyl (C=O) groups is 2. The molecule has 1 aromatic rings. The molecule has 3 rings (SSSR count). The summed E-state index contributed by atoms with van der Waals surface area (Å²) >= 11 is 1.32. The van der Waals surface area contributed by atoms with Crippen LogP contribution in [0.2, 0.25) is 0 Å². The topological polar surface area (TPSA) is 227 Å². The summed E-state index contributed by atoms with van der Waals surface area (Å²) in [6, 6.07) is 0. The van der Waals surface area contributed by atoms with Crippen LogP contribution >= 0.6 is 11.3 Å². The molecule has 1 saturated heterocycles. The lowest BCUT2D eigenvalue weighted by atomic mass is 9.91. The highest BCUT2D eigenvalue weighted by atomic mass is 32.1. The van der Waals surface area contributed by atoms with E-state index in [0.717, 1.165) is 16.7 Å². The molecule has 3 heterocycles. The van der Waals surface area contributed by atoms with E-state index in [-0.39, 0.29) is 30.8 Å². The molecule has 64 heavy (non-hydrogen) atoms. The number of carbonyl (C=O) groups excluding carboxylic acids is 2. The number of allylic oxidation sites excluding steroid dienone is 6. The minimum atomic E-state index is -1.66. The van der Waals surface area contributed by atoms with Crippen LogP contribution in [0, 0.1) is 23.7 Å². The number of aliphatic hydroxyl groups is 6. The van der Waals surface area contributed by atoms with Crippen molar-refractivity contribution in [2.75, 3.05) is 27.4 Å². The second-order valence-corrected chi connectivity index (χ2v) is 18.2. The van der Waals surface area contributed by atoms with Crippen molar-refractivity contribution in [3.05, 3.63) is 98.6 Å². The Bertz CT molecular complexity index is 1880. The summed E-state index contributed by atoms with van der Waals surface area (Å²) in [6.45, 7) is 15.9. The van der Waals surface area contributed by atoms with Crippen LogP contribution in [0.15, 0.2) is 87.9 Å². The first-order valence-electron chi connectivity index (χ1n) is 21.8. The number of ether oxygens (including phenoxy) is 5. The van der Waals surface area contributed by atoms with E-state index in [0.29, 0.717) is 28.3 Å². The van der Waals surface area contributed by atoms with Crippen LogP contribution in [0.1, 0.15) is 98.1 Å². The first kappa shape index (κ1) is 54.5. The number of hydrogen-bond donors (Lipinski definition) is 7. The molecule has 1 amide bonds. The Hall–Kier alpha value is -3.81. The molecule has 358 valence electrons. The molecule has 7 N–H and O–H groups in total. The third kappa shape index (κ3) is 16.0. The Labute approximate surface area is 382 Å². The molecule has 0 radical (unpaired) electrons. The number of cyclic esters (lactones) is 1. The van der Waals surface area contributed by atoms with E-state index in [1.54, 1.807) is 50.5 Å². The Morgan fingerprint density at radius 3 is 2.33 bits per heavy atom. The lowest BCUT2D eigenvalue weighted by Gasteiger charge is -2.41. The van der Waals surface area contributed by atoms with Crippen molar-refractivity contribution in [3.63, 3.8) is 0 Å². The van der Waals surface area contributed by atoms with Crippen LogP contribution in [0.5, 0.6) is 0 Å². The monoisotopic (exact) mass is 916 g/mol. The highest BCUT2D eigenvalue weighted by Gasteiger charge is 2.45. The molecule has 13 atom stereocenters. The first-order chi connectivity index (χ1) is 30.2. The zero-order chi connectivity index (χ0) is 47.8. The average molecular weight is 917 g/mol. The zero-order valence-electron chi connectivity index (χ0n) is 39.1. The molecular weight excluding hydrogens is 845 g/mol. The molecule has 1 aromatic heterocycles. The Kier molecular flexibility index (Phi) is 22.5. The number of rotatable bonds is 10. The summed E-state index contributed by atoms with van der Waals surface area (Å²) in [5, 5.41) is 68.1. The van der Waals surface area contributed by atoms with Gasteiger partial charge in [-0.25, -0.2) is 14.6 Å². The van der Waals surface area contributed by atoms with Gasteiger partial charge in [0.2, 0.25) is 0 Å². The molecule has 2 aliphatic heterocycles. The van der Waals surface area contributed by atoms with Gasteiger partial charge in [-0.3, -0.25) is 0 Å². The van der Waals surface area contributed by atoms with Crippen molar-refractivity contribution in [3.8, 4) is 0 Å². The molecule has 0 aromatic carbocycles. The number of thiazole rings is 1. The van der Waals surface area contributed by atoms with Crippen molar-refractivity contribution in [1.29, 1.82) is 0 Å². The predicted octanol–water partition coefficient (Wildman–Crippen LogP) is 5.86. The second kappa shape index (κ2) is 26.4. The quantitative estimate of drug-likeness (QED) is 0.108. The van der Waals surface area contributed by atoms with Crippen LogP contribution < -0.4 is 5.32 Å². The number of aliphatic hydroxyl groups excluding tert-OH is 6. The number of methoxy groups -OCH3 is 1. The van der Waals surface area contributed by atoms with E-state index in [1.165, 1.54) is 18.4 Å². The lowest BCUT2D eigenvalue weighted by Crippen LogP contribution is -2.59. The van der Waals surface area contributed by atoms with Crippen molar-refractivity contribution in [1.82, 2.24) is 10.3 Å². The van der Waals surface area contributed by atoms with Crippen LogP contribution in [-0.4, -0.2) is 124 Å². The standard InChI is InChI=1S/C48H72N2O13S/c1-26(2)19-38(62-48(58)49-10)45-50-35(25-64-45)44-30(6)14-12-13-29(5)43(59-11)33(9)36(53)18-16-27(3)20-34(23-51)22-32(8)37(21-28(4)15-17-31(7)46(57)63-44)60-47-42(56)41(55)40(54)39(24-52)61-47/h12-14,16-18,20-22,25-26,30,32-33,36-44,47,51-56H,15,19,23-24H2,1-11H3,(H,49,58). The summed E-state index contributed by atoms with van der Waals surface area (Å²) in [6.07, 6.45) is 5.24. The maximum Gasteiger partial charge on any atom is 0.407 e. The van der Waals surface area contributed by atoms with Gasteiger partial charge in [0, 0.05) is 42.9 Å². The van der Waals surface area contributed by atoms with Gasteiger partial charge < -0.3 is 59.6 Å². The van der Waals surface area contributed by atoms with Crippen molar-refractivity contribution < 1.29 is 63.9 Å². The van der Waals surface area contributed by atoms with E-state index in [1.807, 2.05) is 79.0 Å². The van der Waals surface area contributed by atoms with E-state index in [2.05, 4.69) is 5.32 Å². The number of esters is 1. The first-order valence-corrected chi connectivity index (χ1v) is 22.7. The van der Waals surface area contributed by atoms with Gasteiger partial charge in [0.25, 0.3) is 0 Å². The molecular formula is C48H72N2O13S. The summed E-state index contributed by atoms with van der Waals surface area (Å²) in [5.74, 6) is -1.62. The normalized spacial score (nSPS) is 31.4. The molecule has 1 fully saturated rings. The summed E-state index contributed by atoms with van der Waals surface area (Å²) in [7, 11) is 3.07. The second-order valence-electron chi connectivity index (χ2n) is 17.3. The van der Waals surface area contributed by atoms with Gasteiger partial charge in [-0.05, 0) is 57.6 Å². The number of aromatic nitrogens is 1. The SMILES string of the molecule is CNC(=O)OC(CC(C)C)c1nc(C2OC(=O)C(C)=CCC(C)=CC(OC3OC(CO)C(O)C(O)C3O)C(C)C=C(CO)C=C(C)C=CC(O)C(C)C(OC)C(C)=CC=CC2C)cs1. The van der Waals surface area contributed by atoms with Gasteiger partial charge in [-0.2, -0.15) is 0 Å². The number of amides is 1. The van der Waals surface area contributed by atoms with Gasteiger partial charge >= 0.3 is 12.1 Å². The number of alkyl carbamates (subject to hydrolysis) is 1. The number of hydrogen-bond acceptors (Lipinski definition) is 15. The zero-order valence-corrected chi connectivity index (χ0v) is 39.9. The summed E-state index contributed by atoms with van der Waals surface area (Å²) < 4.78 is 29.7.